The number of hydrogen-bond acceptors (Lipinski definition) is 3. The van der Waals surface area contributed by atoms with Crippen molar-refractivity contribution in [3.05, 3.63) is 29.8 Å². The lowest BCUT2D eigenvalue weighted by molar-refractivity contribution is 0.389. The Kier molecular flexibility index (Phi) is 5.74. The van der Waals surface area contributed by atoms with Crippen molar-refractivity contribution in [3.63, 3.8) is 0 Å². The van der Waals surface area contributed by atoms with E-state index in [9.17, 15) is 8.42 Å². The van der Waals surface area contributed by atoms with Crippen LogP contribution in [-0.4, -0.2) is 39.9 Å². The number of sulfonamides is 1. The van der Waals surface area contributed by atoms with E-state index in [4.69, 9.17) is 0 Å². The number of hydrogen-bond donors (Lipinski definition) is 1. The highest BCUT2D eigenvalue weighted by Gasteiger charge is 2.29. The first-order chi connectivity index (χ1) is 9.23. The molecule has 20 heavy (non-hydrogen) atoms. The van der Waals surface area contributed by atoms with Gasteiger partial charge in [0.05, 0.1) is 4.90 Å². The van der Waals surface area contributed by atoms with E-state index in [-0.39, 0.29) is 12.0 Å². The molecular weight excluding hydrogens is 272 g/mol. The van der Waals surface area contributed by atoms with E-state index in [2.05, 4.69) is 26.1 Å². The lowest BCUT2D eigenvalue weighted by Gasteiger charge is -2.30. The summed E-state index contributed by atoms with van der Waals surface area (Å²) >= 11 is 0. The van der Waals surface area contributed by atoms with Crippen molar-refractivity contribution < 1.29 is 8.42 Å². The minimum Gasteiger partial charge on any atom is -0.317 e. The molecule has 5 heteroatoms. The average molecular weight is 298 g/mol. The molecule has 1 aromatic carbocycles. The summed E-state index contributed by atoms with van der Waals surface area (Å²) in [6, 6.07) is 7.51. The molecule has 0 aliphatic heterocycles. The van der Waals surface area contributed by atoms with Crippen LogP contribution in [0.15, 0.2) is 29.2 Å². The molecule has 0 heterocycles. The molecule has 0 saturated heterocycles. The molecule has 2 unspecified atom stereocenters. The normalized spacial score (nSPS) is 15.6. The van der Waals surface area contributed by atoms with E-state index in [1.807, 2.05) is 19.2 Å². The summed E-state index contributed by atoms with van der Waals surface area (Å²) in [7, 11) is 1.62. The maximum Gasteiger partial charge on any atom is 0.242 e. The van der Waals surface area contributed by atoms with Crippen LogP contribution in [0.5, 0.6) is 0 Å². The van der Waals surface area contributed by atoms with E-state index in [1.54, 1.807) is 26.2 Å². The Morgan fingerprint density at radius 3 is 2.10 bits per heavy atom. The van der Waals surface area contributed by atoms with Crippen LogP contribution in [0.3, 0.4) is 0 Å². The second kappa shape index (κ2) is 6.70. The van der Waals surface area contributed by atoms with Crippen LogP contribution in [0, 0.1) is 5.92 Å². The summed E-state index contributed by atoms with van der Waals surface area (Å²) in [5.74, 6) is 0.488. The topological polar surface area (TPSA) is 49.4 Å². The van der Waals surface area contributed by atoms with Crippen LogP contribution in [0.1, 0.15) is 32.3 Å². The van der Waals surface area contributed by atoms with E-state index < -0.39 is 10.0 Å². The first-order valence-corrected chi connectivity index (χ1v) is 8.36. The van der Waals surface area contributed by atoms with Crippen LogP contribution in [-0.2, 0) is 10.0 Å². The summed E-state index contributed by atoms with van der Waals surface area (Å²) < 4.78 is 26.3. The molecule has 0 saturated carbocycles. The van der Waals surface area contributed by atoms with Crippen LogP contribution in [0.2, 0.25) is 0 Å². The van der Waals surface area contributed by atoms with Gasteiger partial charge >= 0.3 is 0 Å². The highest BCUT2D eigenvalue weighted by Crippen LogP contribution is 2.33. The van der Waals surface area contributed by atoms with Gasteiger partial charge in [0.15, 0.2) is 0 Å². The highest BCUT2D eigenvalue weighted by molar-refractivity contribution is 7.89. The zero-order valence-corrected chi connectivity index (χ0v) is 14.0. The fourth-order valence-corrected chi connectivity index (χ4v) is 3.72. The second-order valence-electron chi connectivity index (χ2n) is 5.67. The van der Waals surface area contributed by atoms with Crippen LogP contribution in [0.25, 0.3) is 0 Å². The maximum absolute atomic E-state index is 12.5. The molecule has 114 valence electrons. The summed E-state index contributed by atoms with van der Waals surface area (Å²) in [5.41, 5.74) is 0.887. The number of likely N-dealkylation sites (N-methyl/N-ethyl adjacent to an activating group) is 1. The van der Waals surface area contributed by atoms with E-state index in [1.165, 1.54) is 4.31 Å². The lowest BCUT2D eigenvalue weighted by Crippen LogP contribution is -2.33. The Morgan fingerprint density at radius 1 is 1.10 bits per heavy atom. The molecule has 0 amide bonds. The van der Waals surface area contributed by atoms with Gasteiger partial charge in [-0.1, -0.05) is 32.0 Å². The molecular formula is C15H26N2O2S. The van der Waals surface area contributed by atoms with Gasteiger partial charge in [-0.05, 0) is 31.5 Å². The van der Waals surface area contributed by atoms with Gasteiger partial charge in [-0.2, -0.15) is 0 Å². The van der Waals surface area contributed by atoms with Gasteiger partial charge in [-0.25, -0.2) is 12.7 Å². The minimum atomic E-state index is -3.42. The predicted octanol–water partition coefficient (Wildman–Crippen LogP) is 2.28. The van der Waals surface area contributed by atoms with Gasteiger partial charge in [-0.3, -0.25) is 0 Å². The molecule has 1 N–H and O–H groups in total. The van der Waals surface area contributed by atoms with E-state index >= 15 is 0 Å². The largest absolute Gasteiger partial charge is 0.317 e. The van der Waals surface area contributed by atoms with Crippen molar-refractivity contribution in [2.24, 2.45) is 5.92 Å². The summed E-state index contributed by atoms with van der Waals surface area (Å²) in [6.45, 7) is 6.33. The third-order valence-electron chi connectivity index (χ3n) is 3.75. The van der Waals surface area contributed by atoms with Gasteiger partial charge in [0, 0.05) is 26.1 Å². The average Bonchev–Trinajstić information content (AvgIpc) is 2.38. The van der Waals surface area contributed by atoms with Gasteiger partial charge in [-0.15, -0.1) is 0 Å². The summed E-state index contributed by atoms with van der Waals surface area (Å²) in [4.78, 5) is 0.408. The fourth-order valence-electron chi connectivity index (χ4n) is 2.57. The molecule has 0 bridgehead atoms. The molecule has 0 aromatic heterocycles. The Bertz CT molecular complexity index is 539. The first kappa shape index (κ1) is 17.1. The molecule has 0 aliphatic rings. The van der Waals surface area contributed by atoms with Crippen molar-refractivity contribution in [2.75, 3.05) is 21.1 Å². The molecule has 0 spiro atoms. The molecule has 2 atom stereocenters. The molecule has 1 aromatic rings. The Balaban J connectivity index is 3.46. The zero-order valence-electron chi connectivity index (χ0n) is 13.2. The number of rotatable bonds is 6. The van der Waals surface area contributed by atoms with Crippen molar-refractivity contribution >= 4 is 10.0 Å². The molecule has 0 radical (unpaired) electrons. The van der Waals surface area contributed by atoms with Gasteiger partial charge in [0.1, 0.15) is 0 Å². The van der Waals surface area contributed by atoms with Crippen LogP contribution in [0.4, 0.5) is 0 Å². The maximum atomic E-state index is 12.5. The quantitative estimate of drug-likeness (QED) is 0.876. The highest BCUT2D eigenvalue weighted by atomic mass is 32.2. The monoisotopic (exact) mass is 298 g/mol. The molecule has 0 fully saturated rings. The Morgan fingerprint density at radius 2 is 1.65 bits per heavy atom. The smallest absolute Gasteiger partial charge is 0.242 e. The second-order valence-corrected chi connectivity index (χ2v) is 7.79. The Labute approximate surface area is 123 Å². The van der Waals surface area contributed by atoms with Crippen molar-refractivity contribution in [1.82, 2.24) is 9.62 Å². The van der Waals surface area contributed by atoms with Crippen molar-refractivity contribution in [3.8, 4) is 0 Å². The third-order valence-corrected chi connectivity index (χ3v) is 5.64. The predicted molar refractivity (Wildman–Crippen MR) is 83.4 cm³/mol. The van der Waals surface area contributed by atoms with E-state index in [0.29, 0.717) is 10.8 Å². The molecule has 4 nitrogen and oxygen atoms in total. The number of benzene rings is 1. The zero-order chi connectivity index (χ0) is 15.5. The van der Waals surface area contributed by atoms with Gasteiger partial charge in [0.2, 0.25) is 10.0 Å². The van der Waals surface area contributed by atoms with Gasteiger partial charge in [0.25, 0.3) is 0 Å². The number of nitrogens with one attached hydrogen (secondary N) is 1. The van der Waals surface area contributed by atoms with Crippen molar-refractivity contribution in [1.29, 1.82) is 0 Å². The SMILES string of the molecule is CNC(C)C(c1ccccc1S(=O)(=O)N(C)C)C(C)C. The minimum absolute atomic E-state index is 0.144. The third kappa shape index (κ3) is 3.40. The molecule has 1 rings (SSSR count). The Hall–Kier alpha value is -0.910. The van der Waals surface area contributed by atoms with Gasteiger partial charge < -0.3 is 5.32 Å². The summed E-state index contributed by atoms with van der Waals surface area (Å²) in [6.07, 6.45) is 0. The van der Waals surface area contributed by atoms with Crippen molar-refractivity contribution in [2.45, 2.75) is 37.6 Å². The fraction of sp³-hybridized carbons (Fsp3) is 0.600. The van der Waals surface area contributed by atoms with Crippen LogP contribution >= 0.6 is 0 Å². The van der Waals surface area contributed by atoms with Crippen LogP contribution < -0.4 is 5.32 Å². The lowest BCUT2D eigenvalue weighted by atomic mass is 9.83. The molecule has 0 aliphatic carbocycles. The summed E-state index contributed by atoms with van der Waals surface area (Å²) in [5, 5.41) is 3.24. The standard InChI is InChI=1S/C15H26N2O2S/c1-11(2)15(12(3)16-4)13-9-7-8-10-14(13)20(18,19)17(5)6/h7-12,15-16H,1-6H3. The number of nitrogens with zero attached hydrogens (tertiary/aromatic N) is 1. The first-order valence-electron chi connectivity index (χ1n) is 6.92. The van der Waals surface area contributed by atoms with E-state index in [0.717, 1.165) is 5.56 Å².